The van der Waals surface area contributed by atoms with Crippen LogP contribution in [0, 0.1) is 0 Å². The number of rotatable bonds is 4. The van der Waals surface area contributed by atoms with Crippen molar-refractivity contribution in [3.63, 3.8) is 0 Å². The minimum atomic E-state index is 0.633. The number of benzene rings is 1. The van der Waals surface area contributed by atoms with E-state index < -0.39 is 0 Å². The second kappa shape index (κ2) is 6.03. The van der Waals surface area contributed by atoms with E-state index in [2.05, 4.69) is 26.0 Å². The second-order valence-corrected chi connectivity index (χ2v) is 3.37. The summed E-state index contributed by atoms with van der Waals surface area (Å²) < 4.78 is 5.34. The Balaban J connectivity index is 2.29. The van der Waals surface area contributed by atoms with Crippen LogP contribution >= 0.6 is 0 Å². The molecule has 14 heavy (non-hydrogen) atoms. The highest BCUT2D eigenvalue weighted by molar-refractivity contribution is 5.13. The monoisotopic (exact) mass is 188 g/mol. The van der Waals surface area contributed by atoms with E-state index in [-0.39, 0.29) is 0 Å². The van der Waals surface area contributed by atoms with Crippen molar-refractivity contribution in [2.45, 2.75) is 20.5 Å². The Labute approximate surface area is 85.7 Å². The molecule has 0 saturated heterocycles. The average molecular weight is 188 g/mol. The summed E-state index contributed by atoms with van der Waals surface area (Å²) in [5.74, 6) is 0. The van der Waals surface area contributed by atoms with Crippen LogP contribution in [0.3, 0.4) is 0 Å². The van der Waals surface area contributed by atoms with Gasteiger partial charge < -0.3 is 4.74 Å². The predicted molar refractivity (Wildman–Crippen MR) is 59.8 cm³/mol. The lowest BCUT2D eigenvalue weighted by Gasteiger charge is -1.99. The van der Waals surface area contributed by atoms with E-state index >= 15 is 0 Å². The van der Waals surface area contributed by atoms with Gasteiger partial charge in [-0.25, -0.2) is 0 Å². The molecule has 74 valence electrons. The Kier molecular flexibility index (Phi) is 4.56. The largest absolute Gasteiger partial charge is 0.497 e. The number of hydrogen-bond donors (Lipinski definition) is 0. The lowest BCUT2D eigenvalue weighted by atomic mass is 10.2. The van der Waals surface area contributed by atoms with Crippen LogP contribution in [0.15, 0.2) is 54.3 Å². The lowest BCUT2D eigenvalue weighted by molar-refractivity contribution is 0.236. The first-order valence-electron chi connectivity index (χ1n) is 4.74. The molecule has 0 bridgehead atoms. The van der Waals surface area contributed by atoms with E-state index in [4.69, 9.17) is 4.74 Å². The summed E-state index contributed by atoms with van der Waals surface area (Å²) in [5.41, 5.74) is 2.46. The fourth-order valence-electron chi connectivity index (χ4n) is 1.01. The van der Waals surface area contributed by atoms with Gasteiger partial charge >= 0.3 is 0 Å². The van der Waals surface area contributed by atoms with Crippen LogP contribution in [0.1, 0.15) is 19.4 Å². The van der Waals surface area contributed by atoms with Gasteiger partial charge in [0.25, 0.3) is 0 Å². The summed E-state index contributed by atoms with van der Waals surface area (Å²) in [6, 6.07) is 10.1. The van der Waals surface area contributed by atoms with Crippen molar-refractivity contribution in [1.82, 2.24) is 0 Å². The average Bonchev–Trinajstić information content (AvgIpc) is 2.18. The van der Waals surface area contributed by atoms with Gasteiger partial charge in [-0.05, 0) is 25.5 Å². The highest BCUT2D eigenvalue weighted by Gasteiger charge is 1.86. The van der Waals surface area contributed by atoms with Crippen LogP contribution in [0.4, 0.5) is 0 Å². The summed E-state index contributed by atoms with van der Waals surface area (Å²) in [6.07, 6.45) is 5.66. The molecule has 0 aliphatic rings. The first-order chi connectivity index (χ1) is 6.79. The molecule has 0 fully saturated rings. The van der Waals surface area contributed by atoms with E-state index in [9.17, 15) is 0 Å². The summed E-state index contributed by atoms with van der Waals surface area (Å²) in [5, 5.41) is 0. The molecular formula is C13H16O. The third-order valence-corrected chi connectivity index (χ3v) is 1.70. The van der Waals surface area contributed by atoms with Gasteiger partial charge in [-0.15, -0.1) is 0 Å². The van der Waals surface area contributed by atoms with E-state index in [0.29, 0.717) is 6.61 Å². The Bertz CT molecular complexity index is 305. The van der Waals surface area contributed by atoms with Crippen LogP contribution in [0.5, 0.6) is 0 Å². The maximum absolute atomic E-state index is 5.34. The van der Waals surface area contributed by atoms with Crippen molar-refractivity contribution in [1.29, 1.82) is 0 Å². The molecular weight excluding hydrogens is 172 g/mol. The van der Waals surface area contributed by atoms with Crippen molar-refractivity contribution in [3.8, 4) is 0 Å². The molecule has 0 unspecified atom stereocenters. The molecule has 0 saturated carbocycles. The van der Waals surface area contributed by atoms with E-state index in [1.807, 2.05) is 30.4 Å². The first-order valence-corrected chi connectivity index (χ1v) is 4.74. The lowest BCUT2D eigenvalue weighted by Crippen LogP contribution is -1.84. The van der Waals surface area contributed by atoms with Crippen LogP contribution in [-0.4, -0.2) is 0 Å². The predicted octanol–water partition coefficient (Wildman–Crippen LogP) is 3.68. The van der Waals surface area contributed by atoms with Crippen LogP contribution in [0.25, 0.3) is 0 Å². The molecule has 0 spiro atoms. The summed E-state index contributed by atoms with van der Waals surface area (Å²) in [6.45, 7) is 4.75. The molecule has 0 radical (unpaired) electrons. The fourth-order valence-corrected chi connectivity index (χ4v) is 1.01. The van der Waals surface area contributed by atoms with Crippen molar-refractivity contribution in [2.75, 3.05) is 0 Å². The highest BCUT2D eigenvalue weighted by atomic mass is 16.5. The Morgan fingerprint density at radius 3 is 2.57 bits per heavy atom. The third kappa shape index (κ3) is 4.51. The smallest absolute Gasteiger partial charge is 0.112 e. The van der Waals surface area contributed by atoms with E-state index in [0.717, 1.165) is 0 Å². The molecule has 1 heteroatoms. The molecule has 1 nitrogen and oxygen atoms in total. The van der Waals surface area contributed by atoms with Gasteiger partial charge in [0.2, 0.25) is 0 Å². The number of hydrogen-bond acceptors (Lipinski definition) is 1. The zero-order chi connectivity index (χ0) is 10.2. The minimum Gasteiger partial charge on any atom is -0.497 e. The maximum Gasteiger partial charge on any atom is 0.112 e. The van der Waals surface area contributed by atoms with Gasteiger partial charge in [-0.3, -0.25) is 0 Å². The van der Waals surface area contributed by atoms with Gasteiger partial charge in [-0.2, -0.15) is 0 Å². The van der Waals surface area contributed by atoms with Crippen LogP contribution < -0.4 is 0 Å². The van der Waals surface area contributed by atoms with Gasteiger partial charge in [0.15, 0.2) is 0 Å². The Hall–Kier alpha value is -1.50. The zero-order valence-electron chi connectivity index (χ0n) is 8.73. The van der Waals surface area contributed by atoms with Crippen molar-refractivity contribution < 1.29 is 4.74 Å². The van der Waals surface area contributed by atoms with Gasteiger partial charge in [0.1, 0.15) is 6.61 Å². The SMILES string of the molecule is CC(C)=C/C=C/OCc1ccccc1. The van der Waals surface area contributed by atoms with Gasteiger partial charge in [0.05, 0.1) is 6.26 Å². The standard InChI is InChI=1S/C13H16O/c1-12(2)7-6-10-14-11-13-8-4-3-5-9-13/h3-10H,11H2,1-2H3/b10-6+. The molecule has 0 atom stereocenters. The molecule has 0 aromatic heterocycles. The van der Waals surface area contributed by atoms with Crippen LogP contribution in [-0.2, 0) is 11.3 Å². The summed E-state index contributed by atoms with van der Waals surface area (Å²) in [4.78, 5) is 0. The van der Waals surface area contributed by atoms with E-state index in [1.165, 1.54) is 11.1 Å². The molecule has 0 N–H and O–H groups in total. The number of ether oxygens (including phenoxy) is 1. The Morgan fingerprint density at radius 1 is 1.21 bits per heavy atom. The normalized spacial score (nSPS) is 10.1. The van der Waals surface area contributed by atoms with Crippen molar-refractivity contribution in [2.24, 2.45) is 0 Å². The molecule has 1 rings (SSSR count). The molecule has 0 aliphatic carbocycles. The second-order valence-electron chi connectivity index (χ2n) is 3.37. The quantitative estimate of drug-likeness (QED) is 0.517. The maximum atomic E-state index is 5.34. The van der Waals surface area contributed by atoms with Gasteiger partial charge in [0, 0.05) is 0 Å². The Morgan fingerprint density at radius 2 is 1.93 bits per heavy atom. The number of allylic oxidation sites excluding steroid dienone is 3. The third-order valence-electron chi connectivity index (χ3n) is 1.70. The summed E-state index contributed by atoms with van der Waals surface area (Å²) in [7, 11) is 0. The fraction of sp³-hybridized carbons (Fsp3) is 0.231. The molecule has 1 aromatic rings. The zero-order valence-corrected chi connectivity index (χ0v) is 8.73. The topological polar surface area (TPSA) is 9.23 Å². The van der Waals surface area contributed by atoms with Crippen LogP contribution in [0.2, 0.25) is 0 Å². The van der Waals surface area contributed by atoms with Gasteiger partial charge in [-0.1, -0.05) is 42.0 Å². The molecule has 0 heterocycles. The molecule has 1 aromatic carbocycles. The summed E-state index contributed by atoms with van der Waals surface area (Å²) >= 11 is 0. The molecule has 0 aliphatic heterocycles. The minimum absolute atomic E-state index is 0.633. The van der Waals surface area contributed by atoms with E-state index in [1.54, 1.807) is 6.26 Å². The highest BCUT2D eigenvalue weighted by Crippen LogP contribution is 2.00. The van der Waals surface area contributed by atoms with Crippen molar-refractivity contribution >= 4 is 0 Å². The molecule has 0 amide bonds. The first kappa shape index (κ1) is 10.6. The van der Waals surface area contributed by atoms with Crippen molar-refractivity contribution in [3.05, 3.63) is 59.9 Å².